The SMILES string of the molecule is COCCCNS(=O)(=O)c1cccc(C(=O)Nc2cccc(C(C)=O)c2)c1. The molecular weight excluding hydrogens is 368 g/mol. The number of ether oxygens (including phenoxy) is 1. The topological polar surface area (TPSA) is 102 Å². The highest BCUT2D eigenvalue weighted by Gasteiger charge is 2.16. The van der Waals surface area contributed by atoms with E-state index in [1.54, 1.807) is 31.4 Å². The highest BCUT2D eigenvalue weighted by atomic mass is 32.2. The number of rotatable bonds is 9. The second-order valence-electron chi connectivity index (χ2n) is 5.86. The molecule has 2 aromatic carbocycles. The molecule has 144 valence electrons. The Balaban J connectivity index is 2.13. The van der Waals surface area contributed by atoms with E-state index in [0.717, 1.165) is 0 Å². The molecule has 0 atom stereocenters. The first-order valence-corrected chi connectivity index (χ1v) is 9.83. The molecule has 0 aliphatic heterocycles. The summed E-state index contributed by atoms with van der Waals surface area (Å²) in [6.07, 6.45) is 0.544. The van der Waals surface area contributed by atoms with E-state index in [1.165, 1.54) is 31.2 Å². The number of methoxy groups -OCH3 is 1. The molecule has 0 spiro atoms. The van der Waals surface area contributed by atoms with Crippen molar-refractivity contribution in [2.75, 3.05) is 25.6 Å². The van der Waals surface area contributed by atoms with Crippen LogP contribution in [-0.4, -0.2) is 40.4 Å². The minimum absolute atomic E-state index is 0.00468. The maximum Gasteiger partial charge on any atom is 0.255 e. The molecule has 0 aliphatic rings. The summed E-state index contributed by atoms with van der Waals surface area (Å²) >= 11 is 0. The van der Waals surface area contributed by atoms with Crippen molar-refractivity contribution in [2.45, 2.75) is 18.2 Å². The van der Waals surface area contributed by atoms with Gasteiger partial charge in [-0.25, -0.2) is 13.1 Å². The Morgan fingerprint density at radius 2 is 1.74 bits per heavy atom. The van der Waals surface area contributed by atoms with Crippen LogP contribution in [0.15, 0.2) is 53.4 Å². The van der Waals surface area contributed by atoms with E-state index in [-0.39, 0.29) is 22.8 Å². The summed E-state index contributed by atoms with van der Waals surface area (Å²) in [6.45, 7) is 2.13. The fourth-order valence-corrected chi connectivity index (χ4v) is 3.45. The molecule has 0 heterocycles. The third kappa shape index (κ3) is 5.99. The number of hydrogen-bond donors (Lipinski definition) is 2. The predicted octanol–water partition coefficient (Wildman–Crippen LogP) is 2.46. The fraction of sp³-hybridized carbons (Fsp3) is 0.263. The van der Waals surface area contributed by atoms with Crippen LogP contribution in [0, 0.1) is 0 Å². The molecule has 2 N–H and O–H groups in total. The van der Waals surface area contributed by atoms with Crippen molar-refractivity contribution in [1.29, 1.82) is 0 Å². The van der Waals surface area contributed by atoms with Gasteiger partial charge in [0.25, 0.3) is 5.91 Å². The number of benzene rings is 2. The predicted molar refractivity (Wildman–Crippen MR) is 103 cm³/mol. The third-order valence-electron chi connectivity index (χ3n) is 3.75. The highest BCUT2D eigenvalue weighted by Crippen LogP contribution is 2.15. The monoisotopic (exact) mass is 390 g/mol. The van der Waals surface area contributed by atoms with Gasteiger partial charge in [0.15, 0.2) is 5.78 Å². The van der Waals surface area contributed by atoms with Gasteiger partial charge in [0.1, 0.15) is 0 Å². The summed E-state index contributed by atoms with van der Waals surface area (Å²) in [5.41, 5.74) is 1.13. The second-order valence-corrected chi connectivity index (χ2v) is 7.63. The zero-order chi connectivity index (χ0) is 19.9. The van der Waals surface area contributed by atoms with Gasteiger partial charge < -0.3 is 10.1 Å². The molecule has 8 heteroatoms. The zero-order valence-corrected chi connectivity index (χ0v) is 16.0. The number of nitrogens with one attached hydrogen (secondary N) is 2. The molecule has 0 aliphatic carbocycles. The first-order chi connectivity index (χ1) is 12.8. The van der Waals surface area contributed by atoms with E-state index in [1.807, 2.05) is 0 Å². The van der Waals surface area contributed by atoms with Gasteiger partial charge in [-0.15, -0.1) is 0 Å². The van der Waals surface area contributed by atoms with Crippen LogP contribution in [-0.2, 0) is 14.8 Å². The number of hydrogen-bond acceptors (Lipinski definition) is 5. The van der Waals surface area contributed by atoms with Crippen LogP contribution >= 0.6 is 0 Å². The van der Waals surface area contributed by atoms with Crippen molar-refractivity contribution in [3.8, 4) is 0 Å². The van der Waals surface area contributed by atoms with Crippen molar-refractivity contribution in [2.24, 2.45) is 0 Å². The van der Waals surface area contributed by atoms with Crippen LogP contribution in [0.1, 0.15) is 34.1 Å². The van der Waals surface area contributed by atoms with Gasteiger partial charge in [-0.05, 0) is 43.7 Å². The molecule has 7 nitrogen and oxygen atoms in total. The number of amides is 1. The normalized spacial score (nSPS) is 11.2. The molecule has 0 fully saturated rings. The lowest BCUT2D eigenvalue weighted by atomic mass is 10.1. The Morgan fingerprint density at radius 3 is 2.44 bits per heavy atom. The van der Waals surface area contributed by atoms with E-state index in [2.05, 4.69) is 10.0 Å². The van der Waals surface area contributed by atoms with Crippen LogP contribution in [0.3, 0.4) is 0 Å². The molecule has 2 aromatic rings. The largest absolute Gasteiger partial charge is 0.385 e. The fourth-order valence-electron chi connectivity index (χ4n) is 2.33. The first kappa shape index (κ1) is 20.8. The Labute approximate surface area is 158 Å². The smallest absolute Gasteiger partial charge is 0.255 e. The van der Waals surface area contributed by atoms with Gasteiger partial charge in [0, 0.05) is 37.1 Å². The molecule has 0 saturated carbocycles. The summed E-state index contributed by atoms with van der Waals surface area (Å²) in [7, 11) is -2.17. The summed E-state index contributed by atoms with van der Waals surface area (Å²) in [6, 6.07) is 12.3. The van der Waals surface area contributed by atoms with Gasteiger partial charge in [-0.3, -0.25) is 9.59 Å². The standard InChI is InChI=1S/C19H22N2O5S/c1-14(22)15-6-3-8-17(12-15)21-19(23)16-7-4-9-18(13-16)27(24,25)20-10-5-11-26-2/h3-4,6-9,12-13,20H,5,10-11H2,1-2H3,(H,21,23). The number of carbonyl (C=O) groups is 2. The average molecular weight is 390 g/mol. The number of sulfonamides is 1. The van der Waals surface area contributed by atoms with Crippen molar-refractivity contribution >= 4 is 27.4 Å². The number of anilines is 1. The quantitative estimate of drug-likeness (QED) is 0.506. The molecule has 27 heavy (non-hydrogen) atoms. The van der Waals surface area contributed by atoms with Gasteiger partial charge in [-0.2, -0.15) is 0 Å². The number of ketones is 1. The maximum absolute atomic E-state index is 12.4. The van der Waals surface area contributed by atoms with Crippen LogP contribution in [0.5, 0.6) is 0 Å². The van der Waals surface area contributed by atoms with E-state index in [0.29, 0.717) is 24.3 Å². The summed E-state index contributed by atoms with van der Waals surface area (Å²) in [4.78, 5) is 23.9. The van der Waals surface area contributed by atoms with Crippen molar-refractivity contribution in [1.82, 2.24) is 4.72 Å². The van der Waals surface area contributed by atoms with Crippen molar-refractivity contribution in [3.05, 3.63) is 59.7 Å². The van der Waals surface area contributed by atoms with Crippen LogP contribution < -0.4 is 10.0 Å². The lowest BCUT2D eigenvalue weighted by molar-refractivity contribution is 0.101. The Hall–Kier alpha value is -2.55. The summed E-state index contributed by atoms with van der Waals surface area (Å²) in [5, 5.41) is 2.67. The molecule has 2 rings (SSSR count). The van der Waals surface area contributed by atoms with Crippen LogP contribution in [0.4, 0.5) is 5.69 Å². The van der Waals surface area contributed by atoms with Gasteiger partial charge in [0.2, 0.25) is 10.0 Å². The van der Waals surface area contributed by atoms with Crippen LogP contribution in [0.25, 0.3) is 0 Å². The van der Waals surface area contributed by atoms with Crippen LogP contribution in [0.2, 0.25) is 0 Å². The average Bonchev–Trinajstić information content (AvgIpc) is 2.65. The minimum atomic E-state index is -3.72. The zero-order valence-electron chi connectivity index (χ0n) is 15.2. The van der Waals surface area contributed by atoms with Gasteiger partial charge >= 0.3 is 0 Å². The minimum Gasteiger partial charge on any atom is -0.385 e. The lowest BCUT2D eigenvalue weighted by Crippen LogP contribution is -2.26. The molecule has 0 saturated heterocycles. The van der Waals surface area contributed by atoms with E-state index in [9.17, 15) is 18.0 Å². The van der Waals surface area contributed by atoms with E-state index in [4.69, 9.17) is 4.74 Å². The van der Waals surface area contributed by atoms with Gasteiger partial charge in [-0.1, -0.05) is 18.2 Å². The maximum atomic E-state index is 12.4. The summed E-state index contributed by atoms with van der Waals surface area (Å²) in [5.74, 6) is -0.578. The highest BCUT2D eigenvalue weighted by molar-refractivity contribution is 7.89. The lowest BCUT2D eigenvalue weighted by Gasteiger charge is -2.09. The van der Waals surface area contributed by atoms with Crippen molar-refractivity contribution in [3.63, 3.8) is 0 Å². The molecular formula is C19H22N2O5S. The van der Waals surface area contributed by atoms with E-state index < -0.39 is 15.9 Å². The molecule has 0 bridgehead atoms. The number of carbonyl (C=O) groups excluding carboxylic acids is 2. The molecule has 1 amide bonds. The Kier molecular flexibility index (Phi) is 7.23. The Morgan fingerprint density at radius 1 is 1.04 bits per heavy atom. The molecule has 0 radical (unpaired) electrons. The second kappa shape index (κ2) is 9.40. The molecule has 0 aromatic heterocycles. The van der Waals surface area contributed by atoms with Gasteiger partial charge in [0.05, 0.1) is 4.90 Å². The van der Waals surface area contributed by atoms with Crippen molar-refractivity contribution < 1.29 is 22.7 Å². The summed E-state index contributed by atoms with van der Waals surface area (Å²) < 4.78 is 32.0. The molecule has 0 unspecified atom stereocenters. The first-order valence-electron chi connectivity index (χ1n) is 8.34. The third-order valence-corrected chi connectivity index (χ3v) is 5.21. The number of Topliss-reactive ketones (excluding diaryl/α,β-unsaturated/α-hetero) is 1. The Bertz CT molecular complexity index is 925. The van der Waals surface area contributed by atoms with E-state index >= 15 is 0 Å².